The van der Waals surface area contributed by atoms with Crippen molar-refractivity contribution in [3.63, 3.8) is 0 Å². The number of aromatic nitrogens is 20. The molecule has 2 aliphatic carbocycles. The van der Waals surface area contributed by atoms with Crippen LogP contribution in [-0.2, 0) is 24.0 Å². The predicted molar refractivity (Wildman–Crippen MR) is 550 cm³/mol. The van der Waals surface area contributed by atoms with Crippen LogP contribution in [0.15, 0.2) is 241 Å². The van der Waals surface area contributed by atoms with Gasteiger partial charge in [-0.2, -0.15) is 48.1 Å². The molecule has 38 nitrogen and oxygen atoms in total. The monoisotopic (exact) mass is 2040 g/mol. The standard InChI is InChI=1S/C21H18BrN5O2.C21H20N6O2.C21H19N5O2.C20H17BrN6O2.C20H18N6O2/c22-17-18(12-5-6-13(8-12)21(28)29)26-20-15(10-25-27(20)19(17)23)14-7-11-3-1-2-4-16(11)24-9-14;22-18-9-19(26-6-5-13(12-26)7-20(28)29)25-21-16(11-24-27(18)21)15-8-14-3-1-2-4-17(14)23-10-15;22-19-9-18(13-5-6-14(7-13)21(27)28)25-20-16(11-24-26(19)20)15-8-12-3-1-2-4-17(12)23-10-15;21-16-17(22)27-18(25-19(16)26-6-5-12(10-26)20(28)29)14(9-24-27)13-7-11-3-1-2-4-15(11)23-8-13;21-17-8-18(25-6-5-13(11-25)20(27)28)24-19-15(10-23-26(17)19)14-7-12-3-1-2-4-16(12)22-9-14/h1-4,7,9-10,12-13H,5-6,8,23H2,(H,28,29);1-4,8-11,13H,5-7,12,22H2,(H,28,29);1-4,8-11,13-14H,5-7,22H2,(H,27,28);1-4,7-9,12H,5-6,10,22H2,(H,28,29);1-4,7-10,13H,5-6,11,21H2,(H,27,28). The average Bonchev–Trinajstić information content (AvgIpc) is 1.66. The SMILES string of the molecule is Nc1c(Br)c(C2CCC(C(=O)O)C2)nc2c(-c3cnc4ccccc4c3)cnn12.Nc1c(Br)c(N2CCC(C(=O)O)C2)nc2c(-c3cnc4ccccc4c3)cnn12.Nc1cc(C2CCC(C(=O)O)C2)nc2c(-c3cnc4ccccc4c3)cnn12.Nc1cc(N2CCC(C(=O)O)C2)nc2c(-c3cnc4ccccc4c3)cnn12.Nc1cc(N2CCC(CC(=O)O)C2)nc2c(-c3cnc4ccccc4c3)cnn12. The van der Waals surface area contributed by atoms with Gasteiger partial charge in [-0.25, -0.2) is 24.9 Å². The number of rotatable bonds is 16. The molecule has 5 aliphatic rings. The second-order valence-corrected chi connectivity index (χ2v) is 38.0. The third-order valence-corrected chi connectivity index (χ3v) is 29.0. The van der Waals surface area contributed by atoms with Crippen molar-refractivity contribution in [3.8, 4) is 55.6 Å². The number of nitrogens with two attached hydrogens (primary N) is 5. The van der Waals surface area contributed by atoms with Crippen LogP contribution in [0, 0.1) is 29.6 Å². The Hall–Kier alpha value is -17.0. The first-order chi connectivity index (χ1) is 69.3. The van der Waals surface area contributed by atoms with E-state index in [9.17, 15) is 44.4 Å². The largest absolute Gasteiger partial charge is 0.481 e. The Morgan fingerprint density at radius 1 is 0.329 bits per heavy atom. The molecule has 2 saturated carbocycles. The van der Waals surface area contributed by atoms with Crippen molar-refractivity contribution < 1.29 is 49.5 Å². The number of pyridine rings is 5. The summed E-state index contributed by atoms with van der Waals surface area (Å²) in [5, 5.41) is 73.4. The van der Waals surface area contributed by atoms with Gasteiger partial charge in [0.15, 0.2) is 28.2 Å². The lowest BCUT2D eigenvalue weighted by Gasteiger charge is -2.20. The zero-order chi connectivity index (χ0) is 98.7. The maximum Gasteiger partial charge on any atom is 0.308 e. The smallest absolute Gasteiger partial charge is 0.308 e. The van der Waals surface area contributed by atoms with E-state index in [0.29, 0.717) is 149 Å². The minimum Gasteiger partial charge on any atom is -0.481 e. The molecule has 18 heterocycles. The summed E-state index contributed by atoms with van der Waals surface area (Å²) in [5.74, 6) is -0.568. The van der Waals surface area contributed by atoms with Gasteiger partial charge in [-0.3, -0.25) is 48.9 Å². The first kappa shape index (κ1) is 92.3. The van der Waals surface area contributed by atoms with E-state index < -0.39 is 35.8 Å². The Kier molecular flexibility index (Phi) is 24.9. The minimum absolute atomic E-state index is 0.0512. The number of benzene rings is 5. The molecule has 7 unspecified atom stereocenters. The number of hydrogen-bond acceptors (Lipinski definition) is 28. The molecule has 40 heteroatoms. The van der Waals surface area contributed by atoms with Crippen LogP contribution in [0.1, 0.15) is 87.4 Å². The molecule has 718 valence electrons. The van der Waals surface area contributed by atoms with Gasteiger partial charge in [0.2, 0.25) is 0 Å². The second-order valence-electron chi connectivity index (χ2n) is 36.4. The molecule has 0 spiro atoms. The highest BCUT2D eigenvalue weighted by atomic mass is 79.9. The van der Waals surface area contributed by atoms with Crippen molar-refractivity contribution >= 4 is 191 Å². The summed E-state index contributed by atoms with van der Waals surface area (Å²) in [6.07, 6.45) is 24.0. The molecule has 15 N–H and O–H groups in total. The van der Waals surface area contributed by atoms with Crippen molar-refractivity contribution in [3.05, 3.63) is 252 Å². The Bertz CT molecular complexity index is 8080. The molecule has 0 radical (unpaired) electrons. The summed E-state index contributed by atoms with van der Waals surface area (Å²) in [6.45, 7) is 3.51. The average molecular weight is 2040 g/mol. The van der Waals surface area contributed by atoms with Crippen molar-refractivity contribution in [2.24, 2.45) is 29.6 Å². The van der Waals surface area contributed by atoms with E-state index in [1.165, 1.54) is 0 Å². The zero-order valence-electron chi connectivity index (χ0n) is 76.5. The van der Waals surface area contributed by atoms with Crippen molar-refractivity contribution in [2.75, 3.05) is 82.6 Å². The Balaban J connectivity index is 0.000000106. The number of nitrogen functional groups attached to an aromatic ring is 5. The lowest BCUT2D eigenvalue weighted by molar-refractivity contribution is -0.142. The summed E-state index contributed by atoms with van der Waals surface area (Å²) in [6, 6.07) is 55.3. The molecule has 3 aliphatic heterocycles. The molecular formula is C103H92Br2N28O10. The molecule has 3 saturated heterocycles. The number of halogens is 2. The molecule has 20 aromatic rings. The molecule has 5 fully saturated rings. The van der Waals surface area contributed by atoms with Gasteiger partial charge in [-0.05, 0) is 156 Å². The number of carbonyl (C=O) groups is 5. The number of carboxylic acid groups (broad SMARTS) is 5. The van der Waals surface area contributed by atoms with Crippen LogP contribution in [-0.4, -0.2) is 193 Å². The quantitative estimate of drug-likeness (QED) is 0.0429. The van der Waals surface area contributed by atoms with Crippen molar-refractivity contribution in [1.29, 1.82) is 0 Å². The number of anilines is 8. The predicted octanol–water partition coefficient (Wildman–Crippen LogP) is 16.2. The fraction of sp³-hybridized carbons (Fsp3) is 0.223. The maximum absolute atomic E-state index is 11.4. The van der Waals surface area contributed by atoms with Crippen LogP contribution < -0.4 is 43.4 Å². The fourth-order valence-corrected chi connectivity index (χ4v) is 20.9. The molecule has 143 heavy (non-hydrogen) atoms. The first-order valence-corrected chi connectivity index (χ1v) is 48.1. The number of nitrogens with zero attached hydrogens (tertiary/aromatic N) is 23. The second kappa shape index (κ2) is 38.6. The Morgan fingerprint density at radius 3 is 1.05 bits per heavy atom. The van der Waals surface area contributed by atoms with Gasteiger partial charge in [0.1, 0.15) is 51.0 Å². The van der Waals surface area contributed by atoms with E-state index in [2.05, 4.69) is 118 Å². The Morgan fingerprint density at radius 2 is 0.657 bits per heavy atom. The highest BCUT2D eigenvalue weighted by Gasteiger charge is 2.38. The molecule has 25 rings (SSSR count). The van der Waals surface area contributed by atoms with E-state index in [0.717, 1.165) is 153 Å². The van der Waals surface area contributed by atoms with Crippen LogP contribution in [0.5, 0.6) is 0 Å². The van der Waals surface area contributed by atoms with E-state index >= 15 is 0 Å². The van der Waals surface area contributed by atoms with Gasteiger partial charge in [-0.1, -0.05) is 91.0 Å². The highest BCUT2D eigenvalue weighted by molar-refractivity contribution is 9.11. The molecule has 15 aromatic heterocycles. The molecule has 0 bridgehead atoms. The lowest BCUT2D eigenvalue weighted by atomic mass is 10.0. The summed E-state index contributed by atoms with van der Waals surface area (Å²) in [4.78, 5) is 109. The third kappa shape index (κ3) is 18.3. The number of hydrogen-bond donors (Lipinski definition) is 10. The normalized spacial score (nSPS) is 17.8. The third-order valence-electron chi connectivity index (χ3n) is 27.4. The number of carboxylic acids is 5. The van der Waals surface area contributed by atoms with Crippen LogP contribution in [0.25, 0.3) is 138 Å². The fourth-order valence-electron chi connectivity index (χ4n) is 19.8. The zero-order valence-corrected chi connectivity index (χ0v) is 79.7. The maximum atomic E-state index is 11.4. The van der Waals surface area contributed by atoms with E-state index in [1.54, 1.807) is 78.1 Å². The topological polar surface area (TPSA) is 542 Å². The van der Waals surface area contributed by atoms with Crippen LogP contribution in [0.3, 0.4) is 0 Å². The summed E-state index contributed by atoms with van der Waals surface area (Å²) in [7, 11) is 0. The van der Waals surface area contributed by atoms with Gasteiger partial charge in [0, 0.05) is 195 Å². The van der Waals surface area contributed by atoms with Crippen molar-refractivity contribution in [2.45, 2.75) is 76.0 Å². The van der Waals surface area contributed by atoms with Crippen LogP contribution in [0.2, 0.25) is 0 Å². The van der Waals surface area contributed by atoms with Gasteiger partial charge in [0.25, 0.3) is 0 Å². The minimum atomic E-state index is -0.787. The summed E-state index contributed by atoms with van der Waals surface area (Å²) < 4.78 is 9.34. The van der Waals surface area contributed by atoms with Gasteiger partial charge >= 0.3 is 29.8 Å². The number of para-hydroxylation sites is 5. The van der Waals surface area contributed by atoms with Gasteiger partial charge in [0.05, 0.1) is 92.4 Å². The van der Waals surface area contributed by atoms with E-state index in [4.69, 9.17) is 58.7 Å². The van der Waals surface area contributed by atoms with Gasteiger partial charge in [-0.15, -0.1) is 0 Å². The van der Waals surface area contributed by atoms with Crippen LogP contribution in [0.4, 0.5) is 46.5 Å². The Labute approximate surface area is 829 Å². The molecular weight excluding hydrogens is 1950 g/mol. The summed E-state index contributed by atoms with van der Waals surface area (Å²) >= 11 is 7.07. The lowest BCUT2D eigenvalue weighted by Crippen LogP contribution is -2.24. The molecule has 0 amide bonds. The van der Waals surface area contributed by atoms with Crippen molar-refractivity contribution in [1.82, 2.24) is 97.9 Å². The summed E-state index contributed by atoms with van der Waals surface area (Å²) in [5.41, 5.74) is 49.6. The highest BCUT2D eigenvalue weighted by Crippen LogP contribution is 2.46. The van der Waals surface area contributed by atoms with E-state index in [1.807, 2.05) is 156 Å². The number of fused-ring (bicyclic) bond motifs is 10. The number of aliphatic carboxylic acids is 5. The van der Waals surface area contributed by atoms with Crippen LogP contribution >= 0.6 is 31.9 Å². The molecule has 5 aromatic carbocycles. The first-order valence-electron chi connectivity index (χ1n) is 46.6. The van der Waals surface area contributed by atoms with E-state index in [-0.39, 0.29) is 41.9 Å². The molecule has 7 atom stereocenters. The van der Waals surface area contributed by atoms with Gasteiger partial charge < -0.3 is 68.9 Å².